The molecular formula is C40H90O13Ti4. The topological polar surface area (TPSA) is 316 Å². The third-order valence-electron chi connectivity index (χ3n) is 4.98. The van der Waals surface area contributed by atoms with E-state index in [-0.39, 0.29) is 169 Å². The number of hydrogen-bond donors (Lipinski definition) is 0. The molecule has 0 bridgehead atoms. The largest absolute Gasteiger partial charge is 4.00 e. The maximum atomic E-state index is 9.53. The van der Waals surface area contributed by atoms with E-state index in [4.69, 9.17) is 0 Å². The van der Waals surface area contributed by atoms with Crippen LogP contribution in [0.3, 0.4) is 0 Å². The molecule has 0 spiro atoms. The van der Waals surface area contributed by atoms with E-state index in [1.165, 1.54) is 0 Å². The Morgan fingerprint density at radius 2 is 0.228 bits per heavy atom. The molecule has 0 N–H and O–H groups in total. The SMILES string of the molecule is CCCC[O-].CCCC[O-].CCCC[O-].CCCC[O-].CCCC[O-].CCCC[O-].CCCC[O-].CCCC[O-].CCCC[O-].CCCC[O-].[O-2].[O-2].[O-2].[Ti+4].[Ti+4].[Ti+4].[Ti+4]. The standard InChI is InChI=1S/10C4H9O.3O.4Ti/c10*1-2-3-4-5;;;;;;;/h10*2-4H2,1H3;;;;;;;/q10*-1;3*-2;4*+4. The van der Waals surface area contributed by atoms with Gasteiger partial charge in [-0.3, -0.25) is 0 Å². The van der Waals surface area contributed by atoms with Gasteiger partial charge in [-0.15, -0.1) is 66.1 Å². The van der Waals surface area contributed by atoms with Crippen LogP contribution in [0.1, 0.15) is 198 Å². The minimum atomic E-state index is 0. The van der Waals surface area contributed by atoms with Crippen LogP contribution in [0.4, 0.5) is 0 Å². The maximum absolute atomic E-state index is 9.53. The Hall–Kier alpha value is 2.34. The molecule has 57 heavy (non-hydrogen) atoms. The fourth-order valence-corrected chi connectivity index (χ4v) is 1.44. The zero-order valence-corrected chi connectivity index (χ0v) is 44.8. The summed E-state index contributed by atoms with van der Waals surface area (Å²) in [5, 5.41) is 95.3. The van der Waals surface area contributed by atoms with Crippen LogP contribution in [0.5, 0.6) is 0 Å². The molecule has 0 saturated carbocycles. The first-order chi connectivity index (χ1) is 24.1. The molecule has 0 fully saturated rings. The van der Waals surface area contributed by atoms with Gasteiger partial charge in [-0.2, -0.15) is 0 Å². The molecule has 17 heteroatoms. The second-order valence-corrected chi connectivity index (χ2v) is 10.6. The molecular weight excluding hydrogens is 880 g/mol. The fourth-order valence-electron chi connectivity index (χ4n) is 1.44. The predicted octanol–water partition coefficient (Wildman–Crippen LogP) is 1.10. The van der Waals surface area contributed by atoms with Gasteiger partial charge in [-0.25, -0.2) is 0 Å². The summed E-state index contributed by atoms with van der Waals surface area (Å²) in [5.74, 6) is 0. The predicted molar refractivity (Wildman–Crippen MR) is 200 cm³/mol. The van der Waals surface area contributed by atoms with Crippen LogP contribution in [-0.4, -0.2) is 66.1 Å². The summed E-state index contributed by atoms with van der Waals surface area (Å²) >= 11 is 0. The van der Waals surface area contributed by atoms with Crippen LogP contribution >= 0.6 is 0 Å². The average Bonchev–Trinajstić information content (AvgIpc) is 3.11. The monoisotopic (exact) mass is 970 g/mol. The number of hydrogen-bond acceptors (Lipinski definition) is 10. The Morgan fingerprint density at radius 1 is 0.175 bits per heavy atom. The second-order valence-electron chi connectivity index (χ2n) is 10.6. The van der Waals surface area contributed by atoms with Gasteiger partial charge in [0.2, 0.25) is 0 Å². The van der Waals surface area contributed by atoms with E-state index in [2.05, 4.69) is 0 Å². The number of rotatable bonds is 20. The van der Waals surface area contributed by atoms with Gasteiger partial charge >= 0.3 is 86.9 Å². The van der Waals surface area contributed by atoms with Crippen LogP contribution < -0.4 is 51.1 Å². The molecule has 0 aromatic carbocycles. The Bertz CT molecular complexity index is 238. The van der Waals surface area contributed by atoms with Gasteiger partial charge in [0.15, 0.2) is 0 Å². The van der Waals surface area contributed by atoms with Crippen molar-refractivity contribution in [1.29, 1.82) is 0 Å². The molecule has 0 unspecified atom stereocenters. The zero-order valence-electron chi connectivity index (χ0n) is 38.5. The summed E-state index contributed by atoms with van der Waals surface area (Å²) in [5.41, 5.74) is 0. The van der Waals surface area contributed by atoms with E-state index in [0.29, 0.717) is 0 Å². The van der Waals surface area contributed by atoms with Crippen molar-refractivity contribution in [2.75, 3.05) is 66.1 Å². The van der Waals surface area contributed by atoms with Crippen LogP contribution in [0.2, 0.25) is 0 Å². The molecule has 0 aliphatic carbocycles. The van der Waals surface area contributed by atoms with E-state index in [0.717, 1.165) is 128 Å². The second kappa shape index (κ2) is 183. The molecule has 0 aliphatic heterocycles. The summed E-state index contributed by atoms with van der Waals surface area (Å²) < 4.78 is 0. The zero-order chi connectivity index (χ0) is 41.2. The Morgan fingerprint density at radius 3 is 0.228 bits per heavy atom. The van der Waals surface area contributed by atoms with Crippen molar-refractivity contribution in [1.82, 2.24) is 0 Å². The van der Waals surface area contributed by atoms with Crippen LogP contribution in [0.25, 0.3) is 0 Å². The van der Waals surface area contributed by atoms with Crippen LogP contribution in [-0.2, 0) is 103 Å². The van der Waals surface area contributed by atoms with Crippen LogP contribution in [0, 0.1) is 0 Å². The van der Waals surface area contributed by atoms with Gasteiger partial charge in [-0.05, 0) is 0 Å². The van der Waals surface area contributed by atoms with Crippen molar-refractivity contribution < 1.29 is 154 Å². The number of unbranched alkanes of at least 4 members (excludes halogenated alkanes) is 10. The van der Waals surface area contributed by atoms with Gasteiger partial charge in [0.1, 0.15) is 0 Å². The summed E-state index contributed by atoms with van der Waals surface area (Å²) in [7, 11) is 0. The first-order valence-corrected chi connectivity index (χ1v) is 20.0. The third-order valence-corrected chi connectivity index (χ3v) is 4.98. The summed E-state index contributed by atoms with van der Waals surface area (Å²) in [6, 6.07) is 0. The van der Waals surface area contributed by atoms with Crippen molar-refractivity contribution in [3.8, 4) is 0 Å². The molecule has 0 atom stereocenters. The Balaban J connectivity index is -0.0000000205. The normalized spacial score (nSPS) is 7.37. The van der Waals surface area contributed by atoms with E-state index in [1.54, 1.807) is 0 Å². The van der Waals surface area contributed by atoms with Crippen molar-refractivity contribution in [2.24, 2.45) is 0 Å². The molecule has 0 rings (SSSR count). The van der Waals surface area contributed by atoms with Crippen molar-refractivity contribution in [3.63, 3.8) is 0 Å². The van der Waals surface area contributed by atoms with Gasteiger partial charge in [0.05, 0.1) is 0 Å². The van der Waals surface area contributed by atoms with Crippen molar-refractivity contribution >= 4 is 0 Å². The maximum Gasteiger partial charge on any atom is 4.00 e. The quantitative estimate of drug-likeness (QED) is 0.156. The average molecular weight is 971 g/mol. The minimum Gasteiger partial charge on any atom is -2.00 e. The van der Waals surface area contributed by atoms with Crippen LogP contribution in [0.15, 0.2) is 0 Å². The van der Waals surface area contributed by atoms with E-state index in [9.17, 15) is 51.1 Å². The Labute approximate surface area is 414 Å². The molecule has 13 nitrogen and oxygen atoms in total. The molecule has 0 heterocycles. The molecule has 0 radical (unpaired) electrons. The van der Waals surface area contributed by atoms with Gasteiger partial charge < -0.3 is 67.5 Å². The molecule has 0 aliphatic rings. The molecule has 0 amide bonds. The first kappa shape index (κ1) is 113. The Kier molecular flexibility index (Phi) is 363. The van der Waals surface area contributed by atoms with Crippen molar-refractivity contribution in [3.05, 3.63) is 0 Å². The molecule has 344 valence electrons. The smallest absolute Gasteiger partial charge is 2.00 e. The molecule has 0 aromatic rings. The summed E-state index contributed by atoms with van der Waals surface area (Å²) in [4.78, 5) is 0. The minimum absolute atomic E-state index is 0. The van der Waals surface area contributed by atoms with Gasteiger partial charge in [-0.1, -0.05) is 198 Å². The first-order valence-electron chi connectivity index (χ1n) is 20.0. The third kappa shape index (κ3) is 371. The van der Waals surface area contributed by atoms with Gasteiger partial charge in [0, 0.05) is 0 Å². The molecule has 0 saturated heterocycles. The van der Waals surface area contributed by atoms with Gasteiger partial charge in [0.25, 0.3) is 0 Å². The van der Waals surface area contributed by atoms with E-state index in [1.807, 2.05) is 69.2 Å². The van der Waals surface area contributed by atoms with E-state index >= 15 is 0 Å². The molecule has 0 aromatic heterocycles. The van der Waals surface area contributed by atoms with Crippen molar-refractivity contribution in [2.45, 2.75) is 198 Å². The summed E-state index contributed by atoms with van der Waals surface area (Å²) in [6.07, 6.45) is 18.6. The fraction of sp³-hybridized carbons (Fsp3) is 1.00. The summed E-state index contributed by atoms with van der Waals surface area (Å²) in [6.45, 7) is 21.1. The van der Waals surface area contributed by atoms with E-state index < -0.39 is 0 Å².